The number of urea groups is 1. The maximum absolute atomic E-state index is 12.6. The molecule has 1 aliphatic carbocycles. The van der Waals surface area contributed by atoms with Crippen LogP contribution in [0, 0.1) is 5.92 Å². The Kier molecular flexibility index (Phi) is 5.98. The molecule has 0 radical (unpaired) electrons. The van der Waals surface area contributed by atoms with E-state index in [9.17, 15) is 19.2 Å². The number of rotatable bonds is 7. The summed E-state index contributed by atoms with van der Waals surface area (Å²) in [6.45, 7) is 3.02. The summed E-state index contributed by atoms with van der Waals surface area (Å²) in [5.74, 6) is -0.677. The highest BCUT2D eigenvalue weighted by Crippen LogP contribution is 2.35. The van der Waals surface area contributed by atoms with E-state index in [4.69, 9.17) is 0 Å². The summed E-state index contributed by atoms with van der Waals surface area (Å²) in [7, 11) is 0. The van der Waals surface area contributed by atoms with E-state index in [1.54, 1.807) is 4.90 Å². The van der Waals surface area contributed by atoms with E-state index in [2.05, 4.69) is 10.6 Å². The molecule has 1 saturated carbocycles. The Morgan fingerprint density at radius 3 is 2.61 bits per heavy atom. The number of nitrogens with zero attached hydrogens (tertiary/aromatic N) is 2. The molecular weight excluding hydrogens is 396 g/mol. The predicted octanol–water partition coefficient (Wildman–Crippen LogP) is 1.97. The van der Waals surface area contributed by atoms with Crippen LogP contribution in [0.25, 0.3) is 0 Å². The molecule has 8 nitrogen and oxygen atoms in total. The third-order valence-electron chi connectivity index (χ3n) is 6.84. The van der Waals surface area contributed by atoms with E-state index in [-0.39, 0.29) is 48.7 Å². The third kappa shape index (κ3) is 4.16. The number of hydrogen-bond acceptors (Lipinski definition) is 4. The molecule has 5 amide bonds. The van der Waals surface area contributed by atoms with E-state index in [0.29, 0.717) is 32.4 Å². The van der Waals surface area contributed by atoms with Gasteiger partial charge in [0.1, 0.15) is 5.54 Å². The Labute approximate surface area is 182 Å². The molecule has 1 spiro atoms. The molecule has 1 aromatic carbocycles. The van der Waals surface area contributed by atoms with Gasteiger partial charge in [-0.3, -0.25) is 19.3 Å². The van der Waals surface area contributed by atoms with Crippen LogP contribution in [-0.4, -0.2) is 58.7 Å². The molecule has 0 bridgehead atoms. The second kappa shape index (κ2) is 8.69. The van der Waals surface area contributed by atoms with Crippen LogP contribution >= 0.6 is 0 Å². The van der Waals surface area contributed by atoms with Crippen molar-refractivity contribution < 1.29 is 19.2 Å². The molecule has 3 fully saturated rings. The van der Waals surface area contributed by atoms with Gasteiger partial charge in [-0.15, -0.1) is 0 Å². The number of imide groups is 1. The number of benzene rings is 1. The van der Waals surface area contributed by atoms with Crippen molar-refractivity contribution >= 4 is 23.8 Å². The smallest absolute Gasteiger partial charge is 0.325 e. The molecule has 31 heavy (non-hydrogen) atoms. The standard InChI is InChI=1S/C23H30N4O4/c1-16(17-8-3-2-4-9-17)27-15-18(14-19(27)28)20(29)24-12-7-13-26-21(30)23(25-22(26)31)10-5-6-11-23/h2-4,8-9,16,18H,5-7,10-15H2,1H3,(H,24,29)(H,25,31)/t16-,18-/m1/s1. The van der Waals surface area contributed by atoms with E-state index in [1.165, 1.54) is 4.90 Å². The van der Waals surface area contributed by atoms with Gasteiger partial charge in [0.25, 0.3) is 5.91 Å². The fraction of sp³-hybridized carbons (Fsp3) is 0.565. The molecular formula is C23H30N4O4. The Balaban J connectivity index is 1.23. The minimum absolute atomic E-state index is 0.0160. The van der Waals surface area contributed by atoms with Crippen molar-refractivity contribution in [2.45, 2.75) is 57.0 Å². The van der Waals surface area contributed by atoms with Gasteiger partial charge >= 0.3 is 6.03 Å². The summed E-state index contributed by atoms with van der Waals surface area (Å²) < 4.78 is 0. The monoisotopic (exact) mass is 426 g/mol. The summed E-state index contributed by atoms with van der Waals surface area (Å²) in [6, 6.07) is 9.38. The molecule has 166 valence electrons. The van der Waals surface area contributed by atoms with Crippen LogP contribution in [0.5, 0.6) is 0 Å². The highest BCUT2D eigenvalue weighted by molar-refractivity contribution is 6.07. The fourth-order valence-electron chi connectivity index (χ4n) is 4.98. The van der Waals surface area contributed by atoms with Crippen LogP contribution < -0.4 is 10.6 Å². The molecule has 2 aliphatic heterocycles. The molecule has 2 atom stereocenters. The van der Waals surface area contributed by atoms with Gasteiger partial charge in [0.15, 0.2) is 0 Å². The lowest BCUT2D eigenvalue weighted by Crippen LogP contribution is -2.44. The molecule has 2 N–H and O–H groups in total. The number of amides is 5. The third-order valence-corrected chi connectivity index (χ3v) is 6.84. The zero-order chi connectivity index (χ0) is 22.0. The van der Waals surface area contributed by atoms with Gasteiger partial charge in [-0.1, -0.05) is 43.2 Å². The molecule has 1 aromatic rings. The van der Waals surface area contributed by atoms with Crippen molar-refractivity contribution in [1.82, 2.24) is 20.4 Å². The fourth-order valence-corrected chi connectivity index (χ4v) is 4.98. The Morgan fingerprint density at radius 2 is 1.90 bits per heavy atom. The maximum Gasteiger partial charge on any atom is 0.325 e. The average Bonchev–Trinajstić information content (AvgIpc) is 3.45. The molecule has 3 aliphatic rings. The van der Waals surface area contributed by atoms with Crippen LogP contribution in [0.3, 0.4) is 0 Å². The number of carbonyl (C=O) groups excluding carboxylic acids is 4. The molecule has 2 saturated heterocycles. The number of likely N-dealkylation sites (tertiary alicyclic amines) is 1. The Morgan fingerprint density at radius 1 is 1.19 bits per heavy atom. The SMILES string of the molecule is C[C@H](c1ccccc1)N1C[C@H](C(=O)NCCCN2C(=O)NC3(CCCC3)C2=O)CC1=O. The van der Waals surface area contributed by atoms with E-state index in [0.717, 1.165) is 18.4 Å². The largest absolute Gasteiger partial charge is 0.356 e. The van der Waals surface area contributed by atoms with Crippen molar-refractivity contribution in [3.8, 4) is 0 Å². The highest BCUT2D eigenvalue weighted by Gasteiger charge is 2.52. The summed E-state index contributed by atoms with van der Waals surface area (Å²) >= 11 is 0. The van der Waals surface area contributed by atoms with Crippen molar-refractivity contribution in [3.63, 3.8) is 0 Å². The van der Waals surface area contributed by atoms with Gasteiger partial charge in [-0.25, -0.2) is 4.79 Å². The van der Waals surface area contributed by atoms with Crippen LogP contribution in [0.4, 0.5) is 4.79 Å². The summed E-state index contributed by atoms with van der Waals surface area (Å²) in [5, 5.41) is 5.74. The van der Waals surface area contributed by atoms with Gasteiger partial charge in [0.2, 0.25) is 11.8 Å². The normalized spacial score (nSPS) is 23.5. The average molecular weight is 427 g/mol. The van der Waals surface area contributed by atoms with Gasteiger partial charge in [-0.05, 0) is 31.7 Å². The van der Waals surface area contributed by atoms with Crippen LogP contribution in [0.1, 0.15) is 57.1 Å². The van der Waals surface area contributed by atoms with E-state index < -0.39 is 5.54 Å². The first-order valence-electron chi connectivity index (χ1n) is 11.2. The highest BCUT2D eigenvalue weighted by atomic mass is 16.2. The lowest BCUT2D eigenvalue weighted by atomic mass is 9.98. The Hall–Kier alpha value is -2.90. The first-order chi connectivity index (χ1) is 14.9. The van der Waals surface area contributed by atoms with Gasteiger partial charge in [0.05, 0.1) is 12.0 Å². The molecule has 0 unspecified atom stereocenters. The van der Waals surface area contributed by atoms with E-state index in [1.807, 2.05) is 37.3 Å². The summed E-state index contributed by atoms with van der Waals surface area (Å²) in [6.07, 6.45) is 4.02. The van der Waals surface area contributed by atoms with Crippen LogP contribution in [0.2, 0.25) is 0 Å². The molecule has 4 rings (SSSR count). The molecule has 2 heterocycles. The topological polar surface area (TPSA) is 98.8 Å². The lowest BCUT2D eigenvalue weighted by molar-refractivity contribution is -0.131. The number of nitrogens with one attached hydrogen (secondary N) is 2. The van der Waals surface area contributed by atoms with Crippen LogP contribution in [0.15, 0.2) is 30.3 Å². The molecule has 0 aromatic heterocycles. The first-order valence-corrected chi connectivity index (χ1v) is 11.2. The van der Waals surface area contributed by atoms with E-state index >= 15 is 0 Å². The van der Waals surface area contributed by atoms with Crippen molar-refractivity contribution in [1.29, 1.82) is 0 Å². The zero-order valence-corrected chi connectivity index (χ0v) is 17.9. The quantitative estimate of drug-likeness (QED) is 0.514. The molecule has 8 heteroatoms. The van der Waals surface area contributed by atoms with Crippen molar-refractivity contribution in [3.05, 3.63) is 35.9 Å². The summed E-state index contributed by atoms with van der Waals surface area (Å²) in [4.78, 5) is 52.9. The van der Waals surface area contributed by atoms with Crippen LogP contribution in [-0.2, 0) is 14.4 Å². The number of carbonyl (C=O) groups is 4. The van der Waals surface area contributed by atoms with Gasteiger partial charge in [0, 0.05) is 26.1 Å². The van der Waals surface area contributed by atoms with Crippen molar-refractivity contribution in [2.24, 2.45) is 5.92 Å². The van der Waals surface area contributed by atoms with Gasteiger partial charge < -0.3 is 15.5 Å². The second-order valence-corrected chi connectivity index (χ2v) is 8.85. The number of hydrogen-bond donors (Lipinski definition) is 2. The van der Waals surface area contributed by atoms with Gasteiger partial charge in [-0.2, -0.15) is 0 Å². The minimum Gasteiger partial charge on any atom is -0.356 e. The summed E-state index contributed by atoms with van der Waals surface area (Å²) in [5.41, 5.74) is 0.356. The second-order valence-electron chi connectivity index (χ2n) is 8.85. The Bertz CT molecular complexity index is 866. The predicted molar refractivity (Wildman–Crippen MR) is 114 cm³/mol. The zero-order valence-electron chi connectivity index (χ0n) is 17.9. The van der Waals surface area contributed by atoms with Crippen molar-refractivity contribution in [2.75, 3.05) is 19.6 Å². The minimum atomic E-state index is -0.691. The lowest BCUT2D eigenvalue weighted by Gasteiger charge is -2.25. The maximum atomic E-state index is 12.6. The first kappa shape index (κ1) is 21.3.